The molecule has 3 rings (SSSR count). The number of ether oxygens (including phenoxy) is 3. The first-order valence-electron chi connectivity index (χ1n) is 8.64. The van der Waals surface area contributed by atoms with Crippen molar-refractivity contribution in [3.05, 3.63) is 54.1 Å². The highest BCUT2D eigenvalue weighted by Gasteiger charge is 2.16. The highest BCUT2D eigenvalue weighted by Crippen LogP contribution is 2.28. The van der Waals surface area contributed by atoms with E-state index in [-0.39, 0.29) is 18.0 Å². The number of hydrogen-bond donors (Lipinski definition) is 2. The van der Waals surface area contributed by atoms with Crippen LogP contribution in [-0.4, -0.2) is 54.5 Å². The van der Waals surface area contributed by atoms with E-state index in [1.165, 1.54) is 27.7 Å². The molecule has 0 saturated carbocycles. The minimum absolute atomic E-state index is 0.197. The van der Waals surface area contributed by atoms with Crippen LogP contribution in [0.4, 0.5) is 0 Å². The summed E-state index contributed by atoms with van der Waals surface area (Å²) in [5.41, 5.74) is 1.62. The summed E-state index contributed by atoms with van der Waals surface area (Å²) < 4.78 is 15.6. The van der Waals surface area contributed by atoms with Gasteiger partial charge in [-0.05, 0) is 30.3 Å². The van der Waals surface area contributed by atoms with Crippen LogP contribution in [0.1, 0.15) is 20.8 Å². The predicted octanol–water partition coefficient (Wildman–Crippen LogP) is 2.11. The lowest BCUT2D eigenvalue weighted by Gasteiger charge is -2.10. The summed E-state index contributed by atoms with van der Waals surface area (Å²) in [4.78, 5) is 36.2. The maximum atomic E-state index is 12.5. The zero-order chi connectivity index (χ0) is 20.8. The van der Waals surface area contributed by atoms with Crippen LogP contribution in [0.2, 0.25) is 0 Å². The second kappa shape index (κ2) is 8.87. The maximum absolute atomic E-state index is 12.5. The van der Waals surface area contributed by atoms with Gasteiger partial charge in [-0.15, -0.1) is 0 Å². The van der Waals surface area contributed by atoms with Crippen LogP contribution in [0.15, 0.2) is 42.9 Å². The van der Waals surface area contributed by atoms with Gasteiger partial charge < -0.3 is 24.5 Å². The molecule has 3 aromatic rings. The summed E-state index contributed by atoms with van der Waals surface area (Å²) in [5.74, 6) is 0.672. The minimum Gasteiger partial charge on any atom is -0.494 e. The molecule has 0 unspecified atom stereocenters. The lowest BCUT2D eigenvalue weighted by atomic mass is 10.1. The van der Waals surface area contributed by atoms with Gasteiger partial charge in [0.05, 0.1) is 46.1 Å². The van der Waals surface area contributed by atoms with Crippen molar-refractivity contribution in [3.63, 3.8) is 0 Å². The molecule has 1 aromatic carbocycles. The number of ketones is 1. The summed E-state index contributed by atoms with van der Waals surface area (Å²) in [6, 6.07) is 7.94. The van der Waals surface area contributed by atoms with Crippen molar-refractivity contribution >= 4 is 11.7 Å². The van der Waals surface area contributed by atoms with Crippen LogP contribution < -0.4 is 19.5 Å². The van der Waals surface area contributed by atoms with Gasteiger partial charge in [0.15, 0.2) is 17.3 Å². The van der Waals surface area contributed by atoms with Crippen LogP contribution in [0, 0.1) is 0 Å². The highest BCUT2D eigenvalue weighted by atomic mass is 16.5. The molecule has 0 fully saturated rings. The maximum Gasteiger partial charge on any atom is 0.251 e. The van der Waals surface area contributed by atoms with E-state index in [0.29, 0.717) is 34.2 Å². The Hall–Kier alpha value is -3.88. The van der Waals surface area contributed by atoms with Crippen LogP contribution in [0.5, 0.6) is 17.2 Å². The number of pyridine rings is 1. The number of carbonyl (C=O) groups excluding carboxylic acids is 2. The van der Waals surface area contributed by atoms with E-state index in [1.807, 2.05) is 0 Å². The van der Waals surface area contributed by atoms with Crippen molar-refractivity contribution in [2.45, 2.75) is 0 Å². The molecule has 0 atom stereocenters. The summed E-state index contributed by atoms with van der Waals surface area (Å²) >= 11 is 0. The smallest absolute Gasteiger partial charge is 0.251 e. The zero-order valence-corrected chi connectivity index (χ0v) is 16.2. The SMILES string of the molecule is COc1ccc(C(=O)NCC(=O)c2ccc(OC)c(-c3cnc[nH]3)n2)cc1OC. The number of H-pyrrole nitrogens is 1. The third-order valence-corrected chi connectivity index (χ3v) is 4.17. The van der Waals surface area contributed by atoms with Crippen LogP contribution in [0.25, 0.3) is 11.4 Å². The van der Waals surface area contributed by atoms with E-state index in [1.54, 1.807) is 36.5 Å². The number of amides is 1. The molecule has 0 aliphatic carbocycles. The summed E-state index contributed by atoms with van der Waals surface area (Å²) in [5, 5.41) is 2.59. The molecular weight excluding hydrogens is 376 g/mol. The number of aromatic amines is 1. The summed E-state index contributed by atoms with van der Waals surface area (Å²) in [7, 11) is 4.51. The average molecular weight is 396 g/mol. The molecule has 150 valence electrons. The van der Waals surface area contributed by atoms with Crippen molar-refractivity contribution in [2.24, 2.45) is 0 Å². The number of aromatic nitrogens is 3. The number of hydrogen-bond acceptors (Lipinski definition) is 7. The van der Waals surface area contributed by atoms with E-state index in [4.69, 9.17) is 14.2 Å². The predicted molar refractivity (Wildman–Crippen MR) is 105 cm³/mol. The van der Waals surface area contributed by atoms with Gasteiger partial charge in [-0.25, -0.2) is 9.97 Å². The largest absolute Gasteiger partial charge is 0.494 e. The van der Waals surface area contributed by atoms with Gasteiger partial charge >= 0.3 is 0 Å². The number of nitrogens with zero attached hydrogens (tertiary/aromatic N) is 2. The van der Waals surface area contributed by atoms with E-state index in [0.717, 1.165) is 0 Å². The summed E-state index contributed by atoms with van der Waals surface area (Å²) in [6.45, 7) is -0.213. The first kappa shape index (κ1) is 19.9. The van der Waals surface area contributed by atoms with Gasteiger partial charge in [-0.3, -0.25) is 9.59 Å². The molecule has 29 heavy (non-hydrogen) atoms. The van der Waals surface area contributed by atoms with Crippen molar-refractivity contribution in [1.82, 2.24) is 20.3 Å². The van der Waals surface area contributed by atoms with E-state index in [9.17, 15) is 9.59 Å². The second-order valence-corrected chi connectivity index (χ2v) is 5.89. The number of benzene rings is 1. The Balaban J connectivity index is 1.72. The van der Waals surface area contributed by atoms with Crippen molar-refractivity contribution in [1.29, 1.82) is 0 Å². The number of nitrogens with one attached hydrogen (secondary N) is 2. The fourth-order valence-corrected chi connectivity index (χ4v) is 2.68. The van der Waals surface area contributed by atoms with Crippen molar-refractivity contribution in [3.8, 4) is 28.6 Å². The number of methoxy groups -OCH3 is 3. The first-order chi connectivity index (χ1) is 14.1. The average Bonchev–Trinajstić information content (AvgIpc) is 3.31. The molecule has 0 radical (unpaired) electrons. The molecule has 0 bridgehead atoms. The Morgan fingerprint density at radius 3 is 2.38 bits per heavy atom. The van der Waals surface area contributed by atoms with Gasteiger partial charge in [0, 0.05) is 5.56 Å². The Labute approximate surface area is 167 Å². The molecule has 2 aromatic heterocycles. The molecule has 0 aliphatic heterocycles. The fraction of sp³-hybridized carbons (Fsp3) is 0.200. The minimum atomic E-state index is -0.415. The quantitative estimate of drug-likeness (QED) is 0.560. The van der Waals surface area contributed by atoms with Crippen LogP contribution in [-0.2, 0) is 0 Å². The van der Waals surface area contributed by atoms with E-state index < -0.39 is 5.91 Å². The van der Waals surface area contributed by atoms with Crippen molar-refractivity contribution < 1.29 is 23.8 Å². The Bertz CT molecular complexity index is 1020. The third kappa shape index (κ3) is 4.34. The molecular formula is C20H20N4O5. The van der Waals surface area contributed by atoms with Gasteiger partial charge in [-0.1, -0.05) is 0 Å². The highest BCUT2D eigenvalue weighted by molar-refractivity contribution is 6.01. The molecule has 0 spiro atoms. The van der Waals surface area contributed by atoms with E-state index >= 15 is 0 Å². The fourth-order valence-electron chi connectivity index (χ4n) is 2.68. The van der Waals surface area contributed by atoms with Gasteiger partial charge in [0.25, 0.3) is 5.91 Å². The zero-order valence-electron chi connectivity index (χ0n) is 16.2. The Morgan fingerprint density at radius 2 is 1.72 bits per heavy atom. The Morgan fingerprint density at radius 1 is 1.00 bits per heavy atom. The Kier molecular flexibility index (Phi) is 6.08. The molecule has 0 saturated heterocycles. The lowest BCUT2D eigenvalue weighted by Crippen LogP contribution is -2.30. The normalized spacial score (nSPS) is 10.3. The molecule has 9 nitrogen and oxygen atoms in total. The number of imidazole rings is 1. The van der Waals surface area contributed by atoms with Crippen molar-refractivity contribution in [2.75, 3.05) is 27.9 Å². The lowest BCUT2D eigenvalue weighted by molar-refractivity contribution is 0.0902. The molecule has 9 heteroatoms. The van der Waals surface area contributed by atoms with Gasteiger partial charge in [0.1, 0.15) is 17.1 Å². The number of rotatable bonds is 8. The van der Waals surface area contributed by atoms with Gasteiger partial charge in [-0.2, -0.15) is 0 Å². The monoisotopic (exact) mass is 396 g/mol. The molecule has 0 aliphatic rings. The standard InChI is InChI=1S/C20H20N4O5/c1-27-16-6-4-12(8-18(16)29-3)20(26)22-10-15(25)13-5-7-17(28-2)19(24-13)14-9-21-11-23-14/h4-9,11H,10H2,1-3H3,(H,21,23)(H,22,26). The summed E-state index contributed by atoms with van der Waals surface area (Å²) in [6.07, 6.45) is 3.09. The number of Topliss-reactive ketones (excluding diaryl/α,β-unsaturated/α-hetero) is 1. The third-order valence-electron chi connectivity index (χ3n) is 4.17. The molecule has 2 N–H and O–H groups in total. The van der Waals surface area contributed by atoms with Crippen LogP contribution >= 0.6 is 0 Å². The second-order valence-electron chi connectivity index (χ2n) is 5.89. The van der Waals surface area contributed by atoms with Gasteiger partial charge in [0.2, 0.25) is 0 Å². The van der Waals surface area contributed by atoms with E-state index in [2.05, 4.69) is 20.3 Å². The molecule has 1 amide bonds. The number of carbonyl (C=O) groups is 2. The molecule has 2 heterocycles. The topological polar surface area (TPSA) is 115 Å². The first-order valence-corrected chi connectivity index (χ1v) is 8.64. The van der Waals surface area contributed by atoms with Crippen LogP contribution in [0.3, 0.4) is 0 Å².